The Labute approximate surface area is 121 Å². The topological polar surface area (TPSA) is 79.9 Å². The van der Waals surface area contributed by atoms with Gasteiger partial charge in [-0.25, -0.2) is 8.42 Å². The third-order valence-corrected chi connectivity index (χ3v) is 4.36. The number of sulfone groups is 1. The van der Waals surface area contributed by atoms with E-state index in [-0.39, 0.29) is 10.7 Å². The Morgan fingerprint density at radius 3 is 2.81 bits per heavy atom. The number of pyridine rings is 1. The van der Waals surface area contributed by atoms with Gasteiger partial charge in [0.2, 0.25) is 0 Å². The van der Waals surface area contributed by atoms with E-state index in [1.807, 2.05) is 0 Å². The van der Waals surface area contributed by atoms with Gasteiger partial charge in [0.05, 0.1) is 4.90 Å². The van der Waals surface area contributed by atoms with Crippen LogP contribution in [0.2, 0.25) is 0 Å². The molecule has 0 saturated carbocycles. The lowest BCUT2D eigenvalue weighted by atomic mass is 10.0. The minimum absolute atomic E-state index is 0.131. The number of hydrogen-bond donors (Lipinski definition) is 1. The molecule has 0 radical (unpaired) electrons. The fourth-order valence-electron chi connectivity index (χ4n) is 2.17. The number of carbonyl (C=O) groups is 1. The monoisotopic (exact) mass is 300 g/mol. The van der Waals surface area contributed by atoms with Crippen molar-refractivity contribution in [2.24, 2.45) is 0 Å². The Balaban J connectivity index is 2.11. The summed E-state index contributed by atoms with van der Waals surface area (Å²) in [4.78, 5) is 19.7. The minimum Gasteiger partial charge on any atom is -0.360 e. The first-order chi connectivity index (χ1) is 9.97. The molecule has 3 aromatic rings. The number of nitrogens with one attached hydrogen (secondary N) is 1. The molecule has 0 atom stereocenters. The molecule has 0 aliphatic carbocycles. The van der Waals surface area contributed by atoms with Crippen molar-refractivity contribution in [1.82, 2.24) is 9.97 Å². The average Bonchev–Trinajstić information content (AvgIpc) is 2.90. The second kappa shape index (κ2) is 4.82. The number of aromatic nitrogens is 2. The number of ketones is 1. The SMILES string of the molecule is CS(=O)(=O)c1cccc(C(=O)c2c[nH]c3ccncc23)c1. The highest BCUT2D eigenvalue weighted by molar-refractivity contribution is 7.90. The second-order valence-corrected chi connectivity index (χ2v) is 6.77. The maximum atomic E-state index is 12.6. The fraction of sp³-hybridized carbons (Fsp3) is 0.0667. The fourth-order valence-corrected chi connectivity index (χ4v) is 2.84. The van der Waals surface area contributed by atoms with Crippen LogP contribution < -0.4 is 0 Å². The zero-order chi connectivity index (χ0) is 15.0. The highest BCUT2D eigenvalue weighted by atomic mass is 32.2. The highest BCUT2D eigenvalue weighted by Crippen LogP contribution is 2.21. The number of rotatable bonds is 3. The molecular formula is C15H12N2O3S. The highest BCUT2D eigenvalue weighted by Gasteiger charge is 2.16. The van der Waals surface area contributed by atoms with E-state index in [1.165, 1.54) is 12.1 Å². The van der Waals surface area contributed by atoms with Crippen molar-refractivity contribution in [1.29, 1.82) is 0 Å². The van der Waals surface area contributed by atoms with E-state index in [1.54, 1.807) is 36.8 Å². The number of H-pyrrole nitrogens is 1. The Bertz CT molecular complexity index is 942. The van der Waals surface area contributed by atoms with Gasteiger partial charge in [0.25, 0.3) is 0 Å². The van der Waals surface area contributed by atoms with Gasteiger partial charge in [-0.1, -0.05) is 12.1 Å². The van der Waals surface area contributed by atoms with Gasteiger partial charge in [-0.05, 0) is 18.2 Å². The van der Waals surface area contributed by atoms with Crippen LogP contribution in [0.25, 0.3) is 10.9 Å². The predicted octanol–water partition coefficient (Wildman–Crippen LogP) is 2.20. The first-order valence-corrected chi connectivity index (χ1v) is 8.12. The molecule has 0 unspecified atom stereocenters. The number of nitrogens with zero attached hydrogens (tertiary/aromatic N) is 1. The number of hydrogen-bond acceptors (Lipinski definition) is 4. The van der Waals surface area contributed by atoms with Gasteiger partial charge in [0.15, 0.2) is 15.6 Å². The molecule has 1 N–H and O–H groups in total. The second-order valence-electron chi connectivity index (χ2n) is 4.75. The molecular weight excluding hydrogens is 288 g/mol. The van der Waals surface area contributed by atoms with Gasteiger partial charge in [0, 0.05) is 46.9 Å². The van der Waals surface area contributed by atoms with Crippen LogP contribution in [0.3, 0.4) is 0 Å². The van der Waals surface area contributed by atoms with Crippen molar-refractivity contribution < 1.29 is 13.2 Å². The van der Waals surface area contributed by atoms with Crippen LogP contribution in [-0.4, -0.2) is 30.4 Å². The molecule has 106 valence electrons. The first kappa shape index (κ1) is 13.5. The largest absolute Gasteiger partial charge is 0.360 e. The van der Waals surface area contributed by atoms with E-state index in [0.717, 1.165) is 11.8 Å². The Morgan fingerprint density at radius 2 is 2.05 bits per heavy atom. The molecule has 5 nitrogen and oxygen atoms in total. The Hall–Kier alpha value is -2.47. The van der Waals surface area contributed by atoms with Crippen LogP contribution in [0.5, 0.6) is 0 Å². The van der Waals surface area contributed by atoms with Crippen molar-refractivity contribution in [2.45, 2.75) is 4.90 Å². The van der Waals surface area contributed by atoms with Crippen LogP contribution in [0, 0.1) is 0 Å². The van der Waals surface area contributed by atoms with Gasteiger partial charge in [-0.2, -0.15) is 0 Å². The van der Waals surface area contributed by atoms with Crippen molar-refractivity contribution in [2.75, 3.05) is 6.26 Å². The van der Waals surface area contributed by atoms with Crippen LogP contribution >= 0.6 is 0 Å². The van der Waals surface area contributed by atoms with E-state index in [2.05, 4.69) is 9.97 Å². The standard InChI is InChI=1S/C15H12N2O3S/c1-21(19,20)11-4-2-3-10(7-11)15(18)13-9-17-14-5-6-16-8-12(13)14/h2-9,17H,1H3. The van der Waals surface area contributed by atoms with E-state index in [9.17, 15) is 13.2 Å². The van der Waals surface area contributed by atoms with Gasteiger partial charge < -0.3 is 4.98 Å². The minimum atomic E-state index is -3.34. The maximum Gasteiger partial charge on any atom is 0.195 e. The smallest absolute Gasteiger partial charge is 0.195 e. The molecule has 0 amide bonds. The van der Waals surface area contributed by atoms with Crippen molar-refractivity contribution in [3.05, 3.63) is 60.0 Å². The lowest BCUT2D eigenvalue weighted by Crippen LogP contribution is -2.03. The maximum absolute atomic E-state index is 12.6. The van der Waals surface area contributed by atoms with Gasteiger partial charge >= 0.3 is 0 Å². The lowest BCUT2D eigenvalue weighted by molar-refractivity contribution is 0.104. The molecule has 3 rings (SSSR count). The Morgan fingerprint density at radius 1 is 1.24 bits per heavy atom. The summed E-state index contributed by atoms with van der Waals surface area (Å²) < 4.78 is 23.2. The summed E-state index contributed by atoms with van der Waals surface area (Å²) in [6, 6.07) is 7.82. The van der Waals surface area contributed by atoms with Crippen LogP contribution in [0.15, 0.2) is 53.8 Å². The third-order valence-electron chi connectivity index (χ3n) is 3.25. The average molecular weight is 300 g/mol. The van der Waals surface area contributed by atoms with E-state index < -0.39 is 9.84 Å². The molecule has 2 heterocycles. The van der Waals surface area contributed by atoms with Crippen molar-refractivity contribution in [3.8, 4) is 0 Å². The van der Waals surface area contributed by atoms with Gasteiger partial charge in [-0.3, -0.25) is 9.78 Å². The molecule has 2 aromatic heterocycles. The normalized spacial score (nSPS) is 11.7. The summed E-state index contributed by atoms with van der Waals surface area (Å²) in [6.07, 6.45) is 5.98. The molecule has 0 bridgehead atoms. The van der Waals surface area contributed by atoms with E-state index in [0.29, 0.717) is 16.5 Å². The van der Waals surface area contributed by atoms with E-state index in [4.69, 9.17) is 0 Å². The number of fused-ring (bicyclic) bond motifs is 1. The first-order valence-electron chi connectivity index (χ1n) is 6.23. The molecule has 21 heavy (non-hydrogen) atoms. The summed E-state index contributed by atoms with van der Waals surface area (Å²) in [7, 11) is -3.34. The lowest BCUT2D eigenvalue weighted by Gasteiger charge is -2.03. The number of carbonyl (C=O) groups excluding carboxylic acids is 1. The zero-order valence-corrected chi connectivity index (χ0v) is 12.0. The molecule has 1 aromatic carbocycles. The van der Waals surface area contributed by atoms with Gasteiger partial charge in [-0.15, -0.1) is 0 Å². The van der Waals surface area contributed by atoms with Crippen LogP contribution in [0.1, 0.15) is 15.9 Å². The van der Waals surface area contributed by atoms with Crippen molar-refractivity contribution in [3.63, 3.8) is 0 Å². The molecule has 0 aliphatic rings. The molecule has 6 heteroatoms. The predicted molar refractivity (Wildman–Crippen MR) is 79.1 cm³/mol. The molecule has 0 aliphatic heterocycles. The summed E-state index contributed by atoms with van der Waals surface area (Å²) in [6.45, 7) is 0. The molecule has 0 fully saturated rings. The molecule has 0 saturated heterocycles. The number of benzene rings is 1. The third kappa shape index (κ3) is 2.45. The summed E-state index contributed by atoms with van der Waals surface area (Å²) >= 11 is 0. The summed E-state index contributed by atoms with van der Waals surface area (Å²) in [5.41, 5.74) is 1.62. The van der Waals surface area contributed by atoms with Crippen LogP contribution in [0.4, 0.5) is 0 Å². The summed E-state index contributed by atoms with van der Waals surface area (Å²) in [5.74, 6) is -0.236. The quantitative estimate of drug-likeness (QED) is 0.752. The van der Waals surface area contributed by atoms with E-state index >= 15 is 0 Å². The van der Waals surface area contributed by atoms with Crippen LogP contribution in [-0.2, 0) is 9.84 Å². The summed E-state index contributed by atoms with van der Waals surface area (Å²) in [5, 5.41) is 0.715. The van der Waals surface area contributed by atoms with Crippen molar-refractivity contribution >= 4 is 26.5 Å². The molecule has 0 spiro atoms. The number of aromatic amines is 1. The van der Waals surface area contributed by atoms with Gasteiger partial charge in [0.1, 0.15) is 0 Å². The Kier molecular flexibility index (Phi) is 3.10. The zero-order valence-electron chi connectivity index (χ0n) is 11.2.